The summed E-state index contributed by atoms with van der Waals surface area (Å²) < 4.78 is 1.82. The van der Waals surface area contributed by atoms with Crippen LogP contribution < -0.4 is 5.32 Å². The fourth-order valence-electron chi connectivity index (χ4n) is 1.68. The molecule has 2 aromatic rings. The molecular formula is C14H17N5OS. The van der Waals surface area contributed by atoms with Gasteiger partial charge in [0.25, 0.3) is 0 Å². The van der Waals surface area contributed by atoms with Crippen LogP contribution in [0.4, 0.5) is 0 Å². The number of amides is 1. The number of aromatic nitrogens is 3. The van der Waals surface area contributed by atoms with Crippen LogP contribution in [0, 0.1) is 17.2 Å². The van der Waals surface area contributed by atoms with Crippen molar-refractivity contribution in [2.75, 3.05) is 5.75 Å². The second-order valence-corrected chi connectivity index (χ2v) is 6.16. The number of nitrogens with zero attached hydrogens (tertiary/aromatic N) is 4. The Labute approximate surface area is 127 Å². The van der Waals surface area contributed by atoms with Crippen LogP contribution in [0.25, 0.3) is 5.65 Å². The Hall–Kier alpha value is -2.07. The fourth-order valence-corrected chi connectivity index (χ4v) is 2.40. The maximum absolute atomic E-state index is 12.0. The molecule has 0 fully saturated rings. The summed E-state index contributed by atoms with van der Waals surface area (Å²) in [7, 11) is 0. The molecule has 1 atom stereocenters. The first-order valence-electron chi connectivity index (χ1n) is 6.61. The van der Waals surface area contributed by atoms with Gasteiger partial charge in [0, 0.05) is 6.20 Å². The van der Waals surface area contributed by atoms with E-state index in [4.69, 9.17) is 0 Å². The van der Waals surface area contributed by atoms with E-state index in [0.717, 1.165) is 5.65 Å². The summed E-state index contributed by atoms with van der Waals surface area (Å²) in [5.41, 5.74) is -0.116. The molecule has 1 amide bonds. The number of hydrogen-bond donors (Lipinski definition) is 1. The largest absolute Gasteiger partial charge is 0.337 e. The first-order valence-corrected chi connectivity index (χ1v) is 7.59. The van der Waals surface area contributed by atoms with Gasteiger partial charge in [-0.1, -0.05) is 31.7 Å². The number of nitrogens with one attached hydrogen (secondary N) is 1. The molecule has 2 heterocycles. The highest BCUT2D eigenvalue weighted by Gasteiger charge is 2.29. The number of thioether (sulfide) groups is 1. The first kappa shape index (κ1) is 15.3. The molecule has 110 valence electrons. The Balaban J connectivity index is 2.00. The Kier molecular flexibility index (Phi) is 4.48. The first-order chi connectivity index (χ1) is 9.96. The maximum Gasteiger partial charge on any atom is 0.231 e. The van der Waals surface area contributed by atoms with E-state index in [9.17, 15) is 10.1 Å². The third kappa shape index (κ3) is 3.34. The van der Waals surface area contributed by atoms with Crippen LogP contribution in [0.5, 0.6) is 0 Å². The van der Waals surface area contributed by atoms with E-state index in [0.29, 0.717) is 5.16 Å². The summed E-state index contributed by atoms with van der Waals surface area (Å²) in [6, 6.07) is 7.77. The van der Waals surface area contributed by atoms with Crippen molar-refractivity contribution in [3.05, 3.63) is 24.4 Å². The number of hydrogen-bond acceptors (Lipinski definition) is 5. The predicted molar refractivity (Wildman–Crippen MR) is 80.7 cm³/mol. The third-order valence-corrected chi connectivity index (χ3v) is 4.34. The second kappa shape index (κ2) is 6.14. The smallest absolute Gasteiger partial charge is 0.231 e. The quantitative estimate of drug-likeness (QED) is 0.853. The molecule has 0 saturated heterocycles. The molecule has 2 aromatic heterocycles. The molecule has 2 rings (SSSR count). The van der Waals surface area contributed by atoms with E-state index in [2.05, 4.69) is 21.6 Å². The fraction of sp³-hybridized carbons (Fsp3) is 0.429. The van der Waals surface area contributed by atoms with Crippen LogP contribution in [0.15, 0.2) is 29.6 Å². The monoisotopic (exact) mass is 303 g/mol. The minimum Gasteiger partial charge on any atom is -0.337 e. The molecule has 0 bridgehead atoms. The van der Waals surface area contributed by atoms with Crippen LogP contribution in [-0.4, -0.2) is 31.8 Å². The zero-order valence-electron chi connectivity index (χ0n) is 12.2. The summed E-state index contributed by atoms with van der Waals surface area (Å²) in [4.78, 5) is 12.0. The zero-order valence-corrected chi connectivity index (χ0v) is 13.0. The van der Waals surface area contributed by atoms with Crippen LogP contribution in [0.3, 0.4) is 0 Å². The highest BCUT2D eigenvalue weighted by atomic mass is 32.2. The SMILES string of the molecule is CC(C)[C@](C)(C#N)NC(=O)CSc1nnc2ccccn12. The summed E-state index contributed by atoms with van der Waals surface area (Å²) in [6.07, 6.45) is 1.85. The molecular weight excluding hydrogens is 286 g/mol. The number of carbonyl (C=O) groups excluding carboxylic acids is 1. The minimum atomic E-state index is -0.857. The Morgan fingerprint density at radius 1 is 1.52 bits per heavy atom. The molecule has 0 aliphatic heterocycles. The molecule has 0 spiro atoms. The summed E-state index contributed by atoms with van der Waals surface area (Å²) in [5.74, 6) is 0.0375. The van der Waals surface area contributed by atoms with E-state index >= 15 is 0 Å². The lowest BCUT2D eigenvalue weighted by Gasteiger charge is -2.27. The predicted octanol–water partition coefficient (Wildman–Crippen LogP) is 1.88. The number of pyridine rings is 1. The normalized spacial score (nSPS) is 13.9. The maximum atomic E-state index is 12.0. The molecule has 21 heavy (non-hydrogen) atoms. The van der Waals surface area contributed by atoms with Crippen molar-refractivity contribution in [1.82, 2.24) is 19.9 Å². The topological polar surface area (TPSA) is 83.1 Å². The lowest BCUT2D eigenvalue weighted by atomic mass is 9.90. The molecule has 0 aromatic carbocycles. The standard InChI is InChI=1S/C14H17N5OS/c1-10(2)14(3,9-15)16-12(20)8-21-13-18-17-11-6-4-5-7-19(11)13/h4-7,10H,8H2,1-3H3,(H,16,20)/t14-/m0/s1. The van der Waals surface area contributed by atoms with E-state index < -0.39 is 5.54 Å². The molecule has 0 aliphatic carbocycles. The number of nitriles is 1. The van der Waals surface area contributed by atoms with Gasteiger partial charge < -0.3 is 5.32 Å². The van der Waals surface area contributed by atoms with Gasteiger partial charge in [-0.15, -0.1) is 10.2 Å². The van der Waals surface area contributed by atoms with Gasteiger partial charge >= 0.3 is 0 Å². The summed E-state index contributed by atoms with van der Waals surface area (Å²) >= 11 is 1.30. The molecule has 0 aliphatic rings. The average Bonchev–Trinajstić information content (AvgIpc) is 2.88. The lowest BCUT2D eigenvalue weighted by molar-refractivity contribution is -0.120. The van der Waals surface area contributed by atoms with Gasteiger partial charge in [0.2, 0.25) is 5.91 Å². The van der Waals surface area contributed by atoms with Crippen molar-refractivity contribution in [2.24, 2.45) is 5.92 Å². The van der Waals surface area contributed by atoms with Gasteiger partial charge in [0.1, 0.15) is 5.54 Å². The van der Waals surface area contributed by atoms with Gasteiger partial charge in [-0.3, -0.25) is 9.20 Å². The lowest BCUT2D eigenvalue weighted by Crippen LogP contribution is -2.49. The number of rotatable bonds is 5. The average molecular weight is 303 g/mol. The summed E-state index contributed by atoms with van der Waals surface area (Å²) in [6.45, 7) is 5.54. The van der Waals surface area contributed by atoms with Gasteiger partial charge in [0.15, 0.2) is 10.8 Å². The van der Waals surface area contributed by atoms with Crippen LogP contribution in [-0.2, 0) is 4.79 Å². The zero-order chi connectivity index (χ0) is 15.5. The van der Waals surface area contributed by atoms with Crippen LogP contribution in [0.1, 0.15) is 20.8 Å². The summed E-state index contributed by atoms with van der Waals surface area (Å²) in [5, 5.41) is 20.7. The Morgan fingerprint density at radius 2 is 2.29 bits per heavy atom. The van der Waals surface area contributed by atoms with E-state index in [1.165, 1.54) is 11.8 Å². The van der Waals surface area contributed by atoms with E-state index in [-0.39, 0.29) is 17.6 Å². The van der Waals surface area contributed by atoms with Gasteiger partial charge in [-0.2, -0.15) is 5.26 Å². The second-order valence-electron chi connectivity index (χ2n) is 5.22. The molecule has 0 unspecified atom stereocenters. The Morgan fingerprint density at radius 3 is 2.95 bits per heavy atom. The molecule has 1 N–H and O–H groups in total. The Bertz CT molecular complexity index is 690. The van der Waals surface area contributed by atoms with Gasteiger partial charge in [-0.25, -0.2) is 0 Å². The van der Waals surface area contributed by atoms with Gasteiger partial charge in [0.05, 0.1) is 11.8 Å². The molecule has 7 heteroatoms. The molecule has 0 saturated carbocycles. The van der Waals surface area contributed by atoms with Crippen molar-refractivity contribution in [3.8, 4) is 6.07 Å². The number of carbonyl (C=O) groups is 1. The van der Waals surface area contributed by atoms with E-state index in [1.54, 1.807) is 6.92 Å². The van der Waals surface area contributed by atoms with E-state index in [1.807, 2.05) is 42.6 Å². The van der Waals surface area contributed by atoms with Crippen molar-refractivity contribution in [1.29, 1.82) is 5.26 Å². The highest BCUT2D eigenvalue weighted by molar-refractivity contribution is 7.99. The van der Waals surface area contributed by atoms with Crippen molar-refractivity contribution >= 4 is 23.3 Å². The minimum absolute atomic E-state index is 0.0328. The van der Waals surface area contributed by atoms with Crippen molar-refractivity contribution < 1.29 is 4.79 Å². The molecule has 0 radical (unpaired) electrons. The van der Waals surface area contributed by atoms with Crippen LogP contribution in [0.2, 0.25) is 0 Å². The van der Waals surface area contributed by atoms with Crippen LogP contribution >= 0.6 is 11.8 Å². The van der Waals surface area contributed by atoms with Crippen molar-refractivity contribution in [3.63, 3.8) is 0 Å². The number of fused-ring (bicyclic) bond motifs is 1. The highest BCUT2D eigenvalue weighted by Crippen LogP contribution is 2.18. The van der Waals surface area contributed by atoms with Gasteiger partial charge in [-0.05, 0) is 25.0 Å². The third-order valence-electron chi connectivity index (χ3n) is 3.40. The molecule has 6 nitrogen and oxygen atoms in total. The van der Waals surface area contributed by atoms with Crippen molar-refractivity contribution in [2.45, 2.75) is 31.5 Å².